The van der Waals surface area contributed by atoms with Crippen LogP contribution < -0.4 is 14.4 Å². The average molecular weight is 534 g/mol. The third kappa shape index (κ3) is 7.79. The maximum Gasteiger partial charge on any atom is 0.307 e. The van der Waals surface area contributed by atoms with Crippen LogP contribution in [0.15, 0.2) is 54.6 Å². The number of aryl methyl sites for hydroxylation is 1. The number of hydrogen-bond donors (Lipinski definition) is 0. The van der Waals surface area contributed by atoms with Crippen molar-refractivity contribution in [3.05, 3.63) is 75.5 Å². The summed E-state index contributed by atoms with van der Waals surface area (Å²) in [6.45, 7) is 10.4. The lowest BCUT2D eigenvalue weighted by molar-refractivity contribution is -0.143. The molecule has 1 aliphatic heterocycles. The molecule has 0 radical (unpaired) electrons. The van der Waals surface area contributed by atoms with Gasteiger partial charge in [0.15, 0.2) is 0 Å². The fourth-order valence-electron chi connectivity index (χ4n) is 4.56. The Morgan fingerprint density at radius 1 is 1.08 bits per heavy atom. The number of thiophene rings is 1. The van der Waals surface area contributed by atoms with Gasteiger partial charge in [0.1, 0.15) is 18.1 Å². The Morgan fingerprint density at radius 2 is 1.84 bits per heavy atom. The zero-order valence-electron chi connectivity index (χ0n) is 23.2. The Balaban J connectivity index is 0.00000195. The van der Waals surface area contributed by atoms with Crippen LogP contribution in [-0.4, -0.2) is 26.2 Å². The number of hydrogen-bond acceptors (Lipinski definition) is 6. The van der Waals surface area contributed by atoms with Crippen molar-refractivity contribution < 1.29 is 19.0 Å². The van der Waals surface area contributed by atoms with E-state index in [0.717, 1.165) is 43.0 Å². The number of esters is 1. The normalized spacial score (nSPS) is 12.7. The highest BCUT2D eigenvalue weighted by molar-refractivity contribution is 7.11. The summed E-state index contributed by atoms with van der Waals surface area (Å²) in [7, 11) is 1.74. The summed E-state index contributed by atoms with van der Waals surface area (Å²) in [6, 6.07) is 18.5. The molecular weight excluding hydrogens is 494 g/mol. The molecule has 0 saturated carbocycles. The van der Waals surface area contributed by atoms with Crippen LogP contribution in [0.3, 0.4) is 0 Å². The van der Waals surface area contributed by atoms with Crippen LogP contribution >= 0.6 is 11.3 Å². The monoisotopic (exact) mass is 533 g/mol. The second-order valence-corrected chi connectivity index (χ2v) is 9.93. The molecule has 1 aliphatic rings. The average Bonchev–Trinajstić information content (AvgIpc) is 3.40. The van der Waals surface area contributed by atoms with Crippen molar-refractivity contribution in [3.8, 4) is 23.3 Å². The minimum atomic E-state index is -0.231. The van der Waals surface area contributed by atoms with E-state index in [1.54, 1.807) is 25.4 Å². The second-order valence-electron chi connectivity index (χ2n) is 8.67. The van der Waals surface area contributed by atoms with Crippen molar-refractivity contribution >= 4 is 23.0 Å². The van der Waals surface area contributed by atoms with E-state index in [9.17, 15) is 4.79 Å². The Bertz CT molecular complexity index is 1210. The molecule has 202 valence electrons. The lowest BCUT2D eigenvalue weighted by atomic mass is 9.96. The number of fused-ring (bicyclic) bond motifs is 1. The van der Waals surface area contributed by atoms with Gasteiger partial charge < -0.3 is 19.1 Å². The molecule has 3 aromatic rings. The molecule has 2 aromatic carbocycles. The highest BCUT2D eigenvalue weighted by Crippen LogP contribution is 2.37. The van der Waals surface area contributed by atoms with Gasteiger partial charge >= 0.3 is 5.97 Å². The maximum atomic E-state index is 11.9. The molecule has 0 saturated heterocycles. The van der Waals surface area contributed by atoms with Crippen LogP contribution in [0.1, 0.15) is 67.3 Å². The summed E-state index contributed by atoms with van der Waals surface area (Å²) >= 11 is 1.78. The van der Waals surface area contributed by atoms with Gasteiger partial charge in [0.05, 0.1) is 38.3 Å². The zero-order valence-corrected chi connectivity index (χ0v) is 24.0. The molecule has 0 aliphatic carbocycles. The summed E-state index contributed by atoms with van der Waals surface area (Å²) in [5.41, 5.74) is 3.57. The molecule has 0 spiro atoms. The van der Waals surface area contributed by atoms with Crippen molar-refractivity contribution in [1.82, 2.24) is 0 Å². The number of nitrogens with zero attached hydrogens (tertiary/aromatic N) is 1. The number of anilines is 1. The number of carbonyl (C=O) groups excluding carboxylic acids is 1. The smallest absolute Gasteiger partial charge is 0.307 e. The highest BCUT2D eigenvalue weighted by atomic mass is 32.1. The van der Waals surface area contributed by atoms with Crippen LogP contribution in [0, 0.1) is 11.8 Å². The highest BCUT2D eigenvalue weighted by Gasteiger charge is 2.21. The van der Waals surface area contributed by atoms with Crippen molar-refractivity contribution in [2.45, 2.75) is 66.0 Å². The van der Waals surface area contributed by atoms with Crippen molar-refractivity contribution in [1.29, 1.82) is 0 Å². The molecule has 2 heterocycles. The molecule has 6 heteroatoms. The van der Waals surface area contributed by atoms with Gasteiger partial charge in [-0.1, -0.05) is 44.0 Å². The van der Waals surface area contributed by atoms with Gasteiger partial charge in [-0.15, -0.1) is 17.3 Å². The lowest BCUT2D eigenvalue weighted by Gasteiger charge is -2.32. The molecule has 0 fully saturated rings. The van der Waals surface area contributed by atoms with E-state index in [1.807, 2.05) is 51.1 Å². The van der Waals surface area contributed by atoms with Crippen molar-refractivity contribution in [2.24, 2.45) is 0 Å². The number of para-hydroxylation sites is 1. The molecule has 1 unspecified atom stereocenters. The van der Waals surface area contributed by atoms with Crippen molar-refractivity contribution in [3.63, 3.8) is 0 Å². The number of rotatable bonds is 10. The lowest BCUT2D eigenvalue weighted by Crippen LogP contribution is -2.28. The predicted molar refractivity (Wildman–Crippen MR) is 156 cm³/mol. The van der Waals surface area contributed by atoms with E-state index >= 15 is 0 Å². The predicted octanol–water partition coefficient (Wildman–Crippen LogP) is 7.37. The number of methoxy groups -OCH3 is 1. The number of benzene rings is 2. The van der Waals surface area contributed by atoms with Gasteiger partial charge in [-0.25, -0.2) is 0 Å². The van der Waals surface area contributed by atoms with Crippen LogP contribution in [0.5, 0.6) is 11.5 Å². The maximum absolute atomic E-state index is 11.9. The summed E-state index contributed by atoms with van der Waals surface area (Å²) in [5.74, 6) is 7.37. The van der Waals surface area contributed by atoms with Gasteiger partial charge in [-0.3, -0.25) is 4.79 Å². The molecule has 38 heavy (non-hydrogen) atoms. The van der Waals surface area contributed by atoms with Crippen LogP contribution in [0.2, 0.25) is 0 Å². The Hall–Kier alpha value is -3.43. The van der Waals surface area contributed by atoms with Gasteiger partial charge in [-0.05, 0) is 68.1 Å². The Kier molecular flexibility index (Phi) is 11.6. The SMILES string of the molecule is CC.CC#CC(CC(=O)OCC)c1ccc(OCc2ccc(CN3CCCc4cccc(OC)c43)s2)cc1. The molecular formula is C32H39NO4S. The fourth-order valence-corrected chi connectivity index (χ4v) is 5.51. The summed E-state index contributed by atoms with van der Waals surface area (Å²) in [5, 5.41) is 0. The van der Waals surface area contributed by atoms with Crippen LogP contribution in [0.4, 0.5) is 5.69 Å². The fraction of sp³-hybridized carbons (Fsp3) is 0.406. The third-order valence-electron chi connectivity index (χ3n) is 6.22. The van der Waals surface area contributed by atoms with Crippen LogP contribution in [-0.2, 0) is 29.1 Å². The molecule has 1 atom stereocenters. The zero-order chi connectivity index (χ0) is 27.3. The number of ether oxygens (including phenoxy) is 3. The van der Waals surface area contributed by atoms with E-state index < -0.39 is 0 Å². The quantitative estimate of drug-likeness (QED) is 0.201. The van der Waals surface area contributed by atoms with Crippen LogP contribution in [0.25, 0.3) is 0 Å². The first-order chi connectivity index (χ1) is 18.6. The summed E-state index contributed by atoms with van der Waals surface area (Å²) < 4.78 is 16.8. The minimum Gasteiger partial charge on any atom is -0.495 e. The molecule has 0 amide bonds. The van der Waals surface area contributed by atoms with Crippen molar-refractivity contribution in [2.75, 3.05) is 25.2 Å². The first-order valence-corrected chi connectivity index (χ1v) is 14.2. The van der Waals surface area contributed by atoms with E-state index in [0.29, 0.717) is 13.2 Å². The summed E-state index contributed by atoms with van der Waals surface area (Å²) in [4.78, 5) is 16.8. The summed E-state index contributed by atoms with van der Waals surface area (Å²) in [6.07, 6.45) is 2.50. The van der Waals surface area contributed by atoms with Gasteiger partial charge in [-0.2, -0.15) is 0 Å². The Labute approximate surface area is 231 Å². The number of carbonyl (C=O) groups is 1. The first-order valence-electron chi connectivity index (χ1n) is 13.4. The van der Waals surface area contributed by atoms with E-state index in [-0.39, 0.29) is 18.3 Å². The van der Waals surface area contributed by atoms with E-state index in [4.69, 9.17) is 14.2 Å². The second kappa shape index (κ2) is 15.1. The third-order valence-corrected chi connectivity index (χ3v) is 7.26. The van der Waals surface area contributed by atoms with Gasteiger partial charge in [0.2, 0.25) is 0 Å². The Morgan fingerprint density at radius 3 is 2.55 bits per heavy atom. The molecule has 5 nitrogen and oxygen atoms in total. The topological polar surface area (TPSA) is 48.0 Å². The molecule has 0 bridgehead atoms. The molecule has 1 aromatic heterocycles. The minimum absolute atomic E-state index is 0.179. The van der Waals surface area contributed by atoms with Gasteiger partial charge in [0, 0.05) is 16.3 Å². The first kappa shape index (κ1) is 29.1. The molecule has 4 rings (SSSR count). The standard InChI is InChI=1S/C30H33NO4S.C2H6/c1-4-8-24(19-29(32)34-5-2)22-12-14-25(15-13-22)35-21-27-17-16-26(36-27)20-31-18-7-10-23-9-6-11-28(33-3)30(23)31;1-2/h6,9,11-17,24H,5,7,10,18-21H2,1-3H3;1-2H3. The molecule has 0 N–H and O–H groups in total. The van der Waals surface area contributed by atoms with Gasteiger partial charge in [0.25, 0.3) is 0 Å². The van der Waals surface area contributed by atoms with E-state index in [2.05, 4.69) is 41.0 Å². The largest absolute Gasteiger partial charge is 0.495 e. The van der Waals surface area contributed by atoms with E-state index in [1.165, 1.54) is 21.0 Å².